The Hall–Kier alpha value is -0.0800. The molecule has 2 nitrogen and oxygen atoms in total. The minimum atomic E-state index is 0.763. The molecule has 0 aromatic carbocycles. The Morgan fingerprint density at radius 3 is 2.68 bits per heavy atom. The zero-order valence-corrected chi connectivity index (χ0v) is 13.6. The lowest BCUT2D eigenvalue weighted by Crippen LogP contribution is -2.34. The van der Waals surface area contributed by atoms with Gasteiger partial charge in [-0.15, -0.1) is 0 Å². The predicted octanol–water partition coefficient (Wildman–Crippen LogP) is 4.10. The maximum Gasteiger partial charge on any atom is 0.0465 e. The van der Waals surface area contributed by atoms with E-state index in [1.165, 1.54) is 38.6 Å². The van der Waals surface area contributed by atoms with Crippen LogP contribution < -0.4 is 5.32 Å². The van der Waals surface area contributed by atoms with Crippen LogP contribution in [0.2, 0.25) is 0 Å². The first-order valence-corrected chi connectivity index (χ1v) is 8.41. The third kappa shape index (κ3) is 7.31. The maximum absolute atomic E-state index is 5.48. The SMILES string of the molecule is CCOCCCC1CC(C)CCC1CNCC(C)C. The molecule has 2 heteroatoms. The van der Waals surface area contributed by atoms with Gasteiger partial charge >= 0.3 is 0 Å². The van der Waals surface area contributed by atoms with Crippen molar-refractivity contribution < 1.29 is 4.74 Å². The minimum Gasteiger partial charge on any atom is -0.382 e. The average Bonchev–Trinajstić information content (AvgIpc) is 2.36. The van der Waals surface area contributed by atoms with E-state index in [0.717, 1.165) is 43.4 Å². The molecule has 0 radical (unpaired) electrons. The van der Waals surface area contributed by atoms with Crippen molar-refractivity contribution in [3.05, 3.63) is 0 Å². The van der Waals surface area contributed by atoms with Gasteiger partial charge < -0.3 is 10.1 Å². The highest BCUT2D eigenvalue weighted by atomic mass is 16.5. The summed E-state index contributed by atoms with van der Waals surface area (Å²) in [5.41, 5.74) is 0. The molecular weight excluding hydrogens is 234 g/mol. The average molecular weight is 269 g/mol. The second-order valence-electron chi connectivity index (χ2n) is 6.83. The smallest absolute Gasteiger partial charge is 0.0465 e. The Morgan fingerprint density at radius 1 is 1.21 bits per heavy atom. The van der Waals surface area contributed by atoms with Crippen LogP contribution in [-0.2, 0) is 4.74 Å². The lowest BCUT2D eigenvalue weighted by Gasteiger charge is -2.35. The molecule has 0 amide bonds. The first-order valence-electron chi connectivity index (χ1n) is 8.41. The highest BCUT2D eigenvalue weighted by Crippen LogP contribution is 2.36. The van der Waals surface area contributed by atoms with E-state index in [4.69, 9.17) is 4.74 Å². The summed E-state index contributed by atoms with van der Waals surface area (Å²) in [6.45, 7) is 13.3. The van der Waals surface area contributed by atoms with Gasteiger partial charge in [0, 0.05) is 13.2 Å². The van der Waals surface area contributed by atoms with Gasteiger partial charge in [-0.05, 0) is 69.4 Å². The fraction of sp³-hybridized carbons (Fsp3) is 1.00. The van der Waals surface area contributed by atoms with Gasteiger partial charge in [0.1, 0.15) is 0 Å². The van der Waals surface area contributed by atoms with E-state index in [1.807, 2.05) is 0 Å². The fourth-order valence-electron chi connectivity index (χ4n) is 3.33. The van der Waals surface area contributed by atoms with Crippen molar-refractivity contribution in [1.82, 2.24) is 5.32 Å². The van der Waals surface area contributed by atoms with E-state index in [1.54, 1.807) is 0 Å². The van der Waals surface area contributed by atoms with Crippen molar-refractivity contribution in [2.75, 3.05) is 26.3 Å². The van der Waals surface area contributed by atoms with Gasteiger partial charge in [0.15, 0.2) is 0 Å². The third-order valence-electron chi connectivity index (χ3n) is 4.43. The van der Waals surface area contributed by atoms with Crippen molar-refractivity contribution in [2.45, 2.75) is 59.8 Å². The van der Waals surface area contributed by atoms with Crippen LogP contribution in [0, 0.1) is 23.7 Å². The molecule has 1 aliphatic rings. The van der Waals surface area contributed by atoms with Crippen LogP contribution in [0.15, 0.2) is 0 Å². The minimum absolute atomic E-state index is 0.763. The molecule has 0 aromatic heterocycles. The van der Waals surface area contributed by atoms with Gasteiger partial charge in [-0.1, -0.05) is 27.2 Å². The second kappa shape index (κ2) is 9.77. The van der Waals surface area contributed by atoms with Crippen LogP contribution in [0.25, 0.3) is 0 Å². The zero-order valence-electron chi connectivity index (χ0n) is 13.6. The van der Waals surface area contributed by atoms with Crippen LogP contribution in [-0.4, -0.2) is 26.3 Å². The molecule has 0 heterocycles. The van der Waals surface area contributed by atoms with Crippen LogP contribution in [0.4, 0.5) is 0 Å². The van der Waals surface area contributed by atoms with Crippen molar-refractivity contribution in [3.8, 4) is 0 Å². The molecular formula is C17H35NO. The maximum atomic E-state index is 5.48. The molecule has 0 aliphatic heterocycles. The first kappa shape index (κ1) is 17.0. The van der Waals surface area contributed by atoms with Crippen LogP contribution >= 0.6 is 0 Å². The van der Waals surface area contributed by atoms with Crippen LogP contribution in [0.1, 0.15) is 59.8 Å². The number of ether oxygens (including phenoxy) is 1. The van der Waals surface area contributed by atoms with E-state index < -0.39 is 0 Å². The van der Waals surface area contributed by atoms with Crippen molar-refractivity contribution in [1.29, 1.82) is 0 Å². The van der Waals surface area contributed by atoms with E-state index in [2.05, 4.69) is 33.0 Å². The highest BCUT2D eigenvalue weighted by Gasteiger charge is 2.27. The summed E-state index contributed by atoms with van der Waals surface area (Å²) in [6.07, 6.45) is 6.88. The molecule has 0 saturated heterocycles. The molecule has 19 heavy (non-hydrogen) atoms. The molecule has 1 fully saturated rings. The van der Waals surface area contributed by atoms with E-state index in [0.29, 0.717) is 0 Å². The number of hydrogen-bond donors (Lipinski definition) is 1. The van der Waals surface area contributed by atoms with Crippen molar-refractivity contribution in [3.63, 3.8) is 0 Å². The number of nitrogens with one attached hydrogen (secondary N) is 1. The monoisotopic (exact) mass is 269 g/mol. The van der Waals surface area contributed by atoms with E-state index in [-0.39, 0.29) is 0 Å². The topological polar surface area (TPSA) is 21.3 Å². The summed E-state index contributed by atoms with van der Waals surface area (Å²) in [4.78, 5) is 0. The lowest BCUT2D eigenvalue weighted by molar-refractivity contribution is 0.120. The Kier molecular flexibility index (Phi) is 8.72. The van der Waals surface area contributed by atoms with Gasteiger partial charge in [-0.3, -0.25) is 0 Å². The number of hydrogen-bond acceptors (Lipinski definition) is 2. The largest absolute Gasteiger partial charge is 0.382 e. The van der Waals surface area contributed by atoms with E-state index >= 15 is 0 Å². The highest BCUT2D eigenvalue weighted by molar-refractivity contribution is 4.80. The van der Waals surface area contributed by atoms with Crippen molar-refractivity contribution >= 4 is 0 Å². The molecule has 0 aromatic rings. The first-order chi connectivity index (χ1) is 9.13. The van der Waals surface area contributed by atoms with Gasteiger partial charge in [0.05, 0.1) is 0 Å². The molecule has 3 atom stereocenters. The summed E-state index contributed by atoms with van der Waals surface area (Å²) in [7, 11) is 0. The Morgan fingerprint density at radius 2 is 2.00 bits per heavy atom. The number of rotatable bonds is 9. The third-order valence-corrected chi connectivity index (χ3v) is 4.43. The normalized spacial score (nSPS) is 27.9. The van der Waals surface area contributed by atoms with Gasteiger partial charge in [0.25, 0.3) is 0 Å². The summed E-state index contributed by atoms with van der Waals surface area (Å²) in [6, 6.07) is 0. The lowest BCUT2D eigenvalue weighted by atomic mass is 9.73. The quantitative estimate of drug-likeness (QED) is 0.636. The zero-order chi connectivity index (χ0) is 14.1. The molecule has 0 spiro atoms. The molecule has 1 rings (SSSR count). The summed E-state index contributed by atoms with van der Waals surface area (Å²) >= 11 is 0. The van der Waals surface area contributed by atoms with E-state index in [9.17, 15) is 0 Å². The predicted molar refractivity (Wildman–Crippen MR) is 83.4 cm³/mol. The van der Waals surface area contributed by atoms with Gasteiger partial charge in [0.2, 0.25) is 0 Å². The molecule has 1 aliphatic carbocycles. The van der Waals surface area contributed by atoms with Gasteiger partial charge in [-0.25, -0.2) is 0 Å². The molecule has 114 valence electrons. The summed E-state index contributed by atoms with van der Waals surface area (Å²) in [5, 5.41) is 3.67. The molecule has 0 bridgehead atoms. The molecule has 3 unspecified atom stereocenters. The van der Waals surface area contributed by atoms with Crippen LogP contribution in [0.5, 0.6) is 0 Å². The molecule has 1 N–H and O–H groups in total. The van der Waals surface area contributed by atoms with Crippen molar-refractivity contribution in [2.24, 2.45) is 23.7 Å². The second-order valence-corrected chi connectivity index (χ2v) is 6.83. The van der Waals surface area contributed by atoms with Gasteiger partial charge in [-0.2, -0.15) is 0 Å². The summed E-state index contributed by atoms with van der Waals surface area (Å²) < 4.78 is 5.48. The standard InChI is InChI=1S/C17H35NO/c1-5-19-10-6-7-16-11-15(4)8-9-17(16)13-18-12-14(2)3/h14-18H,5-13H2,1-4H3. The Balaban J connectivity index is 2.28. The Labute approximate surface area is 120 Å². The Bertz CT molecular complexity index is 217. The fourth-order valence-corrected chi connectivity index (χ4v) is 3.33. The summed E-state index contributed by atoms with van der Waals surface area (Å²) in [5.74, 6) is 3.51. The molecule has 1 saturated carbocycles. The van der Waals surface area contributed by atoms with Crippen LogP contribution in [0.3, 0.4) is 0 Å².